The van der Waals surface area contributed by atoms with Crippen LogP contribution >= 0.6 is 0 Å². The summed E-state index contributed by atoms with van der Waals surface area (Å²) in [6.45, 7) is 13.7. The highest BCUT2D eigenvalue weighted by molar-refractivity contribution is 5.69. The molecule has 0 saturated carbocycles. The van der Waals surface area contributed by atoms with Gasteiger partial charge in [-0.1, -0.05) is 129 Å². The Balaban J connectivity index is 2.13. The number of carbonyl (C=O) groups excluding carboxylic acids is 1. The lowest BCUT2D eigenvalue weighted by molar-refractivity contribution is -0.142. The Kier molecular flexibility index (Phi) is 20.9. The van der Waals surface area contributed by atoms with Crippen molar-refractivity contribution in [1.29, 1.82) is 0 Å². The normalized spacial score (nSPS) is 17.0. The fourth-order valence-electron chi connectivity index (χ4n) is 5.02. The Morgan fingerprint density at radius 3 is 2.14 bits per heavy atom. The first kappa shape index (κ1) is 37.2. The molecule has 0 unspecified atom stereocenters. The quantitative estimate of drug-likeness (QED) is 0.0627. The van der Waals surface area contributed by atoms with Gasteiger partial charge in [0.2, 0.25) is 0 Å². The molecular weight excluding hydrogens is 512 g/mol. The second-order valence-electron chi connectivity index (χ2n) is 12.1. The lowest BCUT2D eigenvalue weighted by atomic mass is 9.72. The van der Waals surface area contributed by atoms with Gasteiger partial charge in [0, 0.05) is 6.42 Å². The second-order valence-corrected chi connectivity index (χ2v) is 12.1. The Morgan fingerprint density at radius 1 is 0.833 bits per heavy atom. The third-order valence-corrected chi connectivity index (χ3v) is 7.64. The lowest BCUT2D eigenvalue weighted by Gasteiger charge is -2.32. The van der Waals surface area contributed by atoms with Crippen LogP contribution in [0.5, 0.6) is 0 Å². The summed E-state index contributed by atoms with van der Waals surface area (Å²) in [7, 11) is 0. The summed E-state index contributed by atoms with van der Waals surface area (Å²) < 4.78 is 5.40. The van der Waals surface area contributed by atoms with Gasteiger partial charge in [-0.05, 0) is 102 Å². The molecule has 0 aliphatic heterocycles. The molecule has 0 N–H and O–H groups in total. The van der Waals surface area contributed by atoms with E-state index in [1.165, 1.54) is 42.4 Å². The van der Waals surface area contributed by atoms with E-state index in [4.69, 9.17) is 4.74 Å². The van der Waals surface area contributed by atoms with Crippen LogP contribution in [0.1, 0.15) is 125 Å². The SMILES string of the molecule is CC/C=C\C/C=C\C/C=C\C/C=C\CCCCCCC(=O)OC/C=C(C)/C=C/C=C(C)/C=C/C1=C(C)CCCC1(C)C. The van der Waals surface area contributed by atoms with Crippen molar-refractivity contribution in [2.24, 2.45) is 5.41 Å². The minimum Gasteiger partial charge on any atom is -0.461 e. The topological polar surface area (TPSA) is 26.3 Å². The fourth-order valence-corrected chi connectivity index (χ4v) is 5.02. The average molecular weight is 573 g/mol. The maximum absolute atomic E-state index is 12.0. The van der Waals surface area contributed by atoms with Crippen LogP contribution in [-0.4, -0.2) is 12.6 Å². The second kappa shape index (κ2) is 23.7. The first-order valence-corrected chi connectivity index (χ1v) is 16.4. The molecule has 1 rings (SSSR count). The van der Waals surface area contributed by atoms with Gasteiger partial charge in [0.25, 0.3) is 0 Å². The van der Waals surface area contributed by atoms with Crippen molar-refractivity contribution in [3.8, 4) is 0 Å². The molecule has 0 aromatic carbocycles. The molecule has 1 aliphatic rings. The summed E-state index contributed by atoms with van der Waals surface area (Å²) in [5, 5.41) is 0. The molecular formula is C40H60O2. The predicted octanol–water partition coefficient (Wildman–Crippen LogP) is 12.2. The zero-order valence-corrected chi connectivity index (χ0v) is 27.8. The Hall–Kier alpha value is -2.87. The Morgan fingerprint density at radius 2 is 1.48 bits per heavy atom. The number of carbonyl (C=O) groups is 1. The molecule has 2 heteroatoms. The molecule has 0 saturated heterocycles. The number of allylic oxidation sites excluding steroid dienone is 17. The van der Waals surface area contributed by atoms with Crippen molar-refractivity contribution in [2.45, 2.75) is 125 Å². The third-order valence-electron chi connectivity index (χ3n) is 7.64. The van der Waals surface area contributed by atoms with Crippen LogP contribution in [0.25, 0.3) is 0 Å². The molecule has 0 bridgehead atoms. The molecule has 0 aromatic rings. The van der Waals surface area contributed by atoms with Crippen LogP contribution in [0, 0.1) is 5.41 Å². The van der Waals surface area contributed by atoms with Crippen LogP contribution in [0.4, 0.5) is 0 Å². The van der Waals surface area contributed by atoms with Gasteiger partial charge in [0.1, 0.15) is 6.61 Å². The average Bonchev–Trinajstić information content (AvgIpc) is 2.94. The molecule has 0 aromatic heterocycles. The first-order chi connectivity index (χ1) is 20.3. The summed E-state index contributed by atoms with van der Waals surface area (Å²) in [5.41, 5.74) is 5.61. The molecule has 0 amide bonds. The van der Waals surface area contributed by atoms with Crippen molar-refractivity contribution >= 4 is 5.97 Å². The Labute approximate surface area is 259 Å². The first-order valence-electron chi connectivity index (χ1n) is 16.4. The van der Waals surface area contributed by atoms with Crippen LogP contribution in [-0.2, 0) is 9.53 Å². The van der Waals surface area contributed by atoms with Gasteiger partial charge >= 0.3 is 5.97 Å². The molecule has 0 radical (unpaired) electrons. The minimum atomic E-state index is -0.0990. The number of esters is 1. The molecule has 0 fully saturated rings. The number of hydrogen-bond donors (Lipinski definition) is 0. The van der Waals surface area contributed by atoms with Crippen molar-refractivity contribution < 1.29 is 9.53 Å². The smallest absolute Gasteiger partial charge is 0.306 e. The van der Waals surface area contributed by atoms with Gasteiger partial charge in [-0.2, -0.15) is 0 Å². The van der Waals surface area contributed by atoms with E-state index in [0.717, 1.165) is 56.9 Å². The van der Waals surface area contributed by atoms with Crippen molar-refractivity contribution in [1.82, 2.24) is 0 Å². The highest BCUT2D eigenvalue weighted by Gasteiger charge is 2.26. The van der Waals surface area contributed by atoms with E-state index in [1.807, 2.05) is 13.0 Å². The van der Waals surface area contributed by atoms with E-state index in [-0.39, 0.29) is 11.4 Å². The van der Waals surface area contributed by atoms with E-state index in [0.29, 0.717) is 13.0 Å². The van der Waals surface area contributed by atoms with Gasteiger partial charge in [-0.25, -0.2) is 0 Å². The number of ether oxygens (including phenoxy) is 1. The monoisotopic (exact) mass is 572 g/mol. The molecule has 0 spiro atoms. The van der Waals surface area contributed by atoms with E-state index in [1.54, 1.807) is 0 Å². The maximum atomic E-state index is 12.0. The Bertz CT molecular complexity index is 1030. The zero-order chi connectivity index (χ0) is 30.9. The van der Waals surface area contributed by atoms with Crippen molar-refractivity contribution in [3.05, 3.63) is 107 Å². The summed E-state index contributed by atoms with van der Waals surface area (Å²) >= 11 is 0. The third kappa shape index (κ3) is 19.3. The van der Waals surface area contributed by atoms with Gasteiger partial charge in [0.15, 0.2) is 0 Å². The molecule has 0 heterocycles. The standard InChI is InChI=1S/C40H60O2/c1-7-8-9-10-11-12-13-14-15-16-17-18-19-20-21-22-23-29-39(41)42-34-32-36(3)27-24-26-35(2)30-31-38-37(4)28-25-33-40(38,5)6/h8-9,11-12,14-15,17-18,24,26-27,30-32H,7,10,13,16,19-23,25,28-29,33-34H2,1-6H3/b9-8-,12-11-,15-14-,18-17-,27-24+,31-30+,35-26+,36-32+. The van der Waals surface area contributed by atoms with Crippen LogP contribution in [0.15, 0.2) is 107 Å². The van der Waals surface area contributed by atoms with Crippen LogP contribution in [0.3, 0.4) is 0 Å². The summed E-state index contributed by atoms with van der Waals surface area (Å²) in [6.07, 6.45) is 44.5. The van der Waals surface area contributed by atoms with Crippen molar-refractivity contribution in [3.63, 3.8) is 0 Å². The van der Waals surface area contributed by atoms with Gasteiger partial charge < -0.3 is 4.74 Å². The van der Waals surface area contributed by atoms with Gasteiger partial charge in [0.05, 0.1) is 0 Å². The molecule has 1 aliphatic carbocycles. The summed E-state index contributed by atoms with van der Waals surface area (Å²) in [4.78, 5) is 12.0. The van der Waals surface area contributed by atoms with Gasteiger partial charge in [-0.15, -0.1) is 0 Å². The summed E-state index contributed by atoms with van der Waals surface area (Å²) in [5.74, 6) is -0.0990. The largest absolute Gasteiger partial charge is 0.461 e. The fraction of sp³-hybridized carbons (Fsp3) is 0.525. The highest BCUT2D eigenvalue weighted by atomic mass is 16.5. The maximum Gasteiger partial charge on any atom is 0.306 e. The molecule has 2 nitrogen and oxygen atoms in total. The number of rotatable bonds is 20. The van der Waals surface area contributed by atoms with E-state index >= 15 is 0 Å². The molecule has 42 heavy (non-hydrogen) atoms. The highest BCUT2D eigenvalue weighted by Crippen LogP contribution is 2.40. The number of hydrogen-bond acceptors (Lipinski definition) is 2. The van der Waals surface area contributed by atoms with E-state index in [2.05, 4.69) is 114 Å². The van der Waals surface area contributed by atoms with Crippen molar-refractivity contribution in [2.75, 3.05) is 6.61 Å². The van der Waals surface area contributed by atoms with Crippen LogP contribution in [0.2, 0.25) is 0 Å². The predicted molar refractivity (Wildman–Crippen MR) is 185 cm³/mol. The summed E-state index contributed by atoms with van der Waals surface area (Å²) in [6, 6.07) is 0. The number of unbranched alkanes of at least 4 members (excludes halogenated alkanes) is 4. The zero-order valence-electron chi connectivity index (χ0n) is 27.8. The molecule has 232 valence electrons. The minimum absolute atomic E-state index is 0.0990. The van der Waals surface area contributed by atoms with E-state index < -0.39 is 0 Å². The van der Waals surface area contributed by atoms with Crippen LogP contribution < -0.4 is 0 Å². The lowest BCUT2D eigenvalue weighted by Crippen LogP contribution is -2.19. The molecule has 0 atom stereocenters. The van der Waals surface area contributed by atoms with E-state index in [9.17, 15) is 4.79 Å². The van der Waals surface area contributed by atoms with Gasteiger partial charge in [-0.3, -0.25) is 4.79 Å².